The third-order valence-electron chi connectivity index (χ3n) is 3.78. The SMILES string of the molecule is CCCn1nnnc1COC(=O)CCc1ccc(-c2ccccc2F)o1. The van der Waals surface area contributed by atoms with Gasteiger partial charge in [-0.15, -0.1) is 5.10 Å². The van der Waals surface area contributed by atoms with E-state index in [1.807, 2.05) is 6.92 Å². The van der Waals surface area contributed by atoms with Crippen LogP contribution in [-0.4, -0.2) is 26.2 Å². The summed E-state index contributed by atoms with van der Waals surface area (Å²) in [4.78, 5) is 11.9. The molecule has 136 valence electrons. The smallest absolute Gasteiger partial charge is 0.306 e. The zero-order valence-electron chi connectivity index (χ0n) is 14.4. The van der Waals surface area contributed by atoms with E-state index in [9.17, 15) is 9.18 Å². The van der Waals surface area contributed by atoms with Crippen molar-refractivity contribution in [2.75, 3.05) is 0 Å². The van der Waals surface area contributed by atoms with Crippen molar-refractivity contribution in [3.05, 3.63) is 53.8 Å². The predicted molar refractivity (Wildman–Crippen MR) is 90.3 cm³/mol. The summed E-state index contributed by atoms with van der Waals surface area (Å²) in [6.45, 7) is 2.71. The molecular weight excluding hydrogens is 339 g/mol. The quantitative estimate of drug-likeness (QED) is 0.575. The van der Waals surface area contributed by atoms with Gasteiger partial charge in [-0.25, -0.2) is 9.07 Å². The zero-order valence-corrected chi connectivity index (χ0v) is 14.4. The summed E-state index contributed by atoms with van der Waals surface area (Å²) >= 11 is 0. The lowest BCUT2D eigenvalue weighted by molar-refractivity contribution is -0.145. The van der Waals surface area contributed by atoms with Crippen LogP contribution < -0.4 is 0 Å². The Bertz CT molecular complexity index is 875. The second-order valence-corrected chi connectivity index (χ2v) is 5.72. The molecule has 0 atom stereocenters. The molecule has 0 saturated heterocycles. The maximum absolute atomic E-state index is 13.8. The number of aromatic nitrogens is 4. The maximum Gasteiger partial charge on any atom is 0.306 e. The Morgan fingerprint density at radius 2 is 2.12 bits per heavy atom. The topological polar surface area (TPSA) is 83.0 Å². The van der Waals surface area contributed by atoms with Crippen molar-refractivity contribution in [1.82, 2.24) is 20.2 Å². The fraction of sp³-hybridized carbons (Fsp3) is 0.333. The lowest BCUT2D eigenvalue weighted by Crippen LogP contribution is -2.11. The van der Waals surface area contributed by atoms with Crippen LogP contribution in [0, 0.1) is 5.82 Å². The number of halogens is 1. The Kier molecular flexibility index (Phi) is 5.73. The number of nitrogens with zero attached hydrogens (tertiary/aromatic N) is 4. The molecule has 0 spiro atoms. The van der Waals surface area contributed by atoms with Crippen molar-refractivity contribution < 1.29 is 18.3 Å². The molecule has 0 N–H and O–H groups in total. The van der Waals surface area contributed by atoms with Crippen LogP contribution in [-0.2, 0) is 29.1 Å². The third-order valence-corrected chi connectivity index (χ3v) is 3.78. The molecule has 0 fully saturated rings. The van der Waals surface area contributed by atoms with E-state index < -0.39 is 0 Å². The van der Waals surface area contributed by atoms with E-state index in [0.717, 1.165) is 6.42 Å². The Balaban J connectivity index is 1.51. The van der Waals surface area contributed by atoms with Gasteiger partial charge in [0.25, 0.3) is 0 Å². The molecule has 0 saturated carbocycles. The highest BCUT2D eigenvalue weighted by atomic mass is 19.1. The van der Waals surface area contributed by atoms with Crippen molar-refractivity contribution in [2.45, 2.75) is 39.3 Å². The van der Waals surface area contributed by atoms with Crippen molar-refractivity contribution in [3.8, 4) is 11.3 Å². The molecule has 1 aromatic carbocycles. The minimum Gasteiger partial charge on any atom is -0.461 e. The molecule has 0 aliphatic rings. The van der Waals surface area contributed by atoms with E-state index in [1.54, 1.807) is 35.0 Å². The third kappa shape index (κ3) is 4.33. The predicted octanol–water partition coefficient (Wildman–Crippen LogP) is 3.16. The van der Waals surface area contributed by atoms with Crippen molar-refractivity contribution in [2.24, 2.45) is 0 Å². The molecule has 0 aliphatic carbocycles. The van der Waals surface area contributed by atoms with Gasteiger partial charge in [-0.2, -0.15) is 0 Å². The average Bonchev–Trinajstić information content (AvgIpc) is 3.28. The van der Waals surface area contributed by atoms with Crippen LogP contribution >= 0.6 is 0 Å². The Hall–Kier alpha value is -3.03. The van der Waals surface area contributed by atoms with E-state index in [2.05, 4.69) is 15.5 Å². The lowest BCUT2D eigenvalue weighted by Gasteiger charge is -2.04. The van der Waals surface area contributed by atoms with Gasteiger partial charge in [0.1, 0.15) is 17.3 Å². The van der Waals surface area contributed by atoms with Gasteiger partial charge in [0.2, 0.25) is 0 Å². The molecule has 7 nitrogen and oxygen atoms in total. The van der Waals surface area contributed by atoms with E-state index in [1.165, 1.54) is 6.07 Å². The normalized spacial score (nSPS) is 10.8. The van der Waals surface area contributed by atoms with Gasteiger partial charge in [0.15, 0.2) is 12.4 Å². The number of esters is 1. The molecule has 2 aromatic heterocycles. The summed E-state index contributed by atoms with van der Waals surface area (Å²) in [6.07, 6.45) is 1.40. The fourth-order valence-corrected chi connectivity index (χ4v) is 2.47. The molecule has 3 aromatic rings. The minimum atomic E-state index is -0.375. The number of tetrazole rings is 1. The summed E-state index contributed by atoms with van der Waals surface area (Å²) < 4.78 is 26.2. The van der Waals surface area contributed by atoms with Crippen LogP contribution in [0.15, 0.2) is 40.8 Å². The summed E-state index contributed by atoms with van der Waals surface area (Å²) in [5.74, 6) is 0.818. The number of carbonyl (C=O) groups excluding carboxylic acids is 1. The largest absolute Gasteiger partial charge is 0.461 e. The molecule has 2 heterocycles. The number of hydrogen-bond donors (Lipinski definition) is 0. The fourth-order valence-electron chi connectivity index (χ4n) is 2.47. The summed E-state index contributed by atoms with van der Waals surface area (Å²) in [7, 11) is 0. The highest BCUT2D eigenvalue weighted by molar-refractivity contribution is 5.69. The molecule has 0 aliphatic heterocycles. The first-order chi connectivity index (χ1) is 12.7. The van der Waals surface area contributed by atoms with Gasteiger partial charge in [-0.05, 0) is 41.1 Å². The minimum absolute atomic E-state index is 0.0322. The second-order valence-electron chi connectivity index (χ2n) is 5.72. The number of benzene rings is 1. The van der Waals surface area contributed by atoms with Crippen LogP contribution in [0.1, 0.15) is 31.4 Å². The number of carbonyl (C=O) groups is 1. The number of aryl methyl sites for hydroxylation is 2. The number of rotatable bonds is 8. The number of hydrogen-bond acceptors (Lipinski definition) is 6. The van der Waals surface area contributed by atoms with Crippen molar-refractivity contribution in [3.63, 3.8) is 0 Å². The van der Waals surface area contributed by atoms with Gasteiger partial charge >= 0.3 is 5.97 Å². The van der Waals surface area contributed by atoms with Crippen molar-refractivity contribution in [1.29, 1.82) is 0 Å². The zero-order chi connectivity index (χ0) is 18.4. The molecule has 0 bridgehead atoms. The first-order valence-corrected chi connectivity index (χ1v) is 8.41. The molecule has 0 unspecified atom stereocenters. The number of ether oxygens (including phenoxy) is 1. The summed E-state index contributed by atoms with van der Waals surface area (Å²) in [5.41, 5.74) is 0.393. The Labute approximate surface area is 149 Å². The summed E-state index contributed by atoms with van der Waals surface area (Å²) in [5, 5.41) is 11.3. The first kappa shape index (κ1) is 17.8. The Morgan fingerprint density at radius 3 is 2.92 bits per heavy atom. The van der Waals surface area contributed by atoms with Crippen molar-refractivity contribution >= 4 is 5.97 Å². The molecule has 3 rings (SSSR count). The van der Waals surface area contributed by atoms with Gasteiger partial charge in [-0.1, -0.05) is 19.1 Å². The van der Waals surface area contributed by atoms with Crippen LogP contribution in [0.5, 0.6) is 0 Å². The highest BCUT2D eigenvalue weighted by Gasteiger charge is 2.12. The molecule has 8 heteroatoms. The highest BCUT2D eigenvalue weighted by Crippen LogP contribution is 2.25. The molecule has 0 amide bonds. The number of furan rings is 1. The Morgan fingerprint density at radius 1 is 1.27 bits per heavy atom. The van der Waals surface area contributed by atoms with E-state index >= 15 is 0 Å². The van der Waals surface area contributed by atoms with Crippen LogP contribution in [0.3, 0.4) is 0 Å². The van der Waals surface area contributed by atoms with Crippen LogP contribution in [0.2, 0.25) is 0 Å². The second kappa shape index (κ2) is 8.37. The summed E-state index contributed by atoms with van der Waals surface area (Å²) in [6, 6.07) is 9.81. The van der Waals surface area contributed by atoms with Crippen LogP contribution in [0.25, 0.3) is 11.3 Å². The van der Waals surface area contributed by atoms with Gasteiger partial charge in [-0.3, -0.25) is 4.79 Å². The monoisotopic (exact) mass is 358 g/mol. The first-order valence-electron chi connectivity index (χ1n) is 8.41. The van der Waals surface area contributed by atoms with E-state index in [-0.39, 0.29) is 24.8 Å². The average molecular weight is 358 g/mol. The molecule has 26 heavy (non-hydrogen) atoms. The van der Waals surface area contributed by atoms with Gasteiger partial charge in [0, 0.05) is 13.0 Å². The molecule has 0 radical (unpaired) electrons. The van der Waals surface area contributed by atoms with Gasteiger partial charge in [0.05, 0.1) is 12.0 Å². The maximum atomic E-state index is 13.8. The lowest BCUT2D eigenvalue weighted by atomic mass is 10.1. The van der Waals surface area contributed by atoms with E-state index in [0.29, 0.717) is 35.9 Å². The van der Waals surface area contributed by atoms with Crippen LogP contribution in [0.4, 0.5) is 4.39 Å². The molecular formula is C18H19FN4O3. The van der Waals surface area contributed by atoms with E-state index in [4.69, 9.17) is 9.15 Å². The standard InChI is InChI=1S/C18H19FN4O3/c1-2-11-23-17(20-21-22-23)12-25-18(24)10-8-13-7-9-16(26-13)14-5-3-4-6-15(14)19/h3-7,9H,2,8,10-12H2,1H3. The van der Waals surface area contributed by atoms with Gasteiger partial charge < -0.3 is 9.15 Å².